The Hall–Kier alpha value is -3.23. The second kappa shape index (κ2) is 7.56. The van der Waals surface area contributed by atoms with Crippen LogP contribution in [0, 0.1) is 11.3 Å². The zero-order valence-corrected chi connectivity index (χ0v) is 13.8. The predicted octanol–water partition coefficient (Wildman–Crippen LogP) is 4.64. The summed E-state index contributed by atoms with van der Waals surface area (Å²) in [4.78, 5) is 12.2. The average Bonchev–Trinajstić information content (AvgIpc) is 3.11. The van der Waals surface area contributed by atoms with Crippen LogP contribution in [-0.2, 0) is 6.61 Å². The summed E-state index contributed by atoms with van der Waals surface area (Å²) < 4.78 is 11.1. The average molecular weight is 353 g/mol. The Morgan fingerprint density at radius 1 is 1.12 bits per heavy atom. The Kier molecular flexibility index (Phi) is 5.03. The maximum absolute atomic E-state index is 12.2. The molecule has 0 fully saturated rings. The number of rotatable bonds is 5. The molecule has 5 nitrogen and oxygen atoms in total. The van der Waals surface area contributed by atoms with Gasteiger partial charge in [-0.1, -0.05) is 35.9 Å². The number of para-hydroxylation sites is 2. The van der Waals surface area contributed by atoms with Gasteiger partial charge in [-0.25, -0.2) is 0 Å². The van der Waals surface area contributed by atoms with Gasteiger partial charge in [-0.2, -0.15) is 5.26 Å². The molecule has 0 saturated carbocycles. The zero-order chi connectivity index (χ0) is 17.6. The lowest BCUT2D eigenvalue weighted by atomic mass is 10.2. The summed E-state index contributed by atoms with van der Waals surface area (Å²) in [6.45, 7) is 0.109. The summed E-state index contributed by atoms with van der Waals surface area (Å²) in [6, 6.07) is 19.1. The molecule has 0 bridgehead atoms. The summed E-state index contributed by atoms with van der Waals surface area (Å²) in [5, 5.41) is 12.2. The van der Waals surface area contributed by atoms with Gasteiger partial charge in [0, 0.05) is 0 Å². The van der Waals surface area contributed by atoms with Gasteiger partial charge in [0.2, 0.25) is 0 Å². The van der Waals surface area contributed by atoms with Crippen molar-refractivity contribution in [3.05, 3.63) is 82.8 Å². The third kappa shape index (κ3) is 4.00. The molecule has 0 unspecified atom stereocenters. The fraction of sp³-hybridized carbons (Fsp3) is 0.0526. The smallest absolute Gasteiger partial charge is 0.291 e. The van der Waals surface area contributed by atoms with Crippen molar-refractivity contribution in [2.45, 2.75) is 6.61 Å². The predicted molar refractivity (Wildman–Crippen MR) is 93.6 cm³/mol. The van der Waals surface area contributed by atoms with Gasteiger partial charge in [0.05, 0.1) is 16.3 Å². The van der Waals surface area contributed by atoms with E-state index in [9.17, 15) is 4.79 Å². The monoisotopic (exact) mass is 352 g/mol. The number of carbonyl (C=O) groups excluding carboxylic acids is 1. The summed E-state index contributed by atoms with van der Waals surface area (Å²) in [7, 11) is 0. The second-order valence-corrected chi connectivity index (χ2v) is 5.50. The molecule has 124 valence electrons. The van der Waals surface area contributed by atoms with Crippen LogP contribution in [0.2, 0.25) is 5.02 Å². The lowest BCUT2D eigenvalue weighted by molar-refractivity contribution is 0.0992. The Bertz CT molecular complexity index is 944. The van der Waals surface area contributed by atoms with Gasteiger partial charge in [0.25, 0.3) is 5.91 Å². The van der Waals surface area contributed by atoms with Gasteiger partial charge >= 0.3 is 0 Å². The highest BCUT2D eigenvalue weighted by Gasteiger charge is 2.13. The van der Waals surface area contributed by atoms with Crippen LogP contribution in [0.3, 0.4) is 0 Å². The van der Waals surface area contributed by atoms with E-state index in [4.69, 9.17) is 26.0 Å². The molecule has 1 N–H and O–H groups in total. The molecule has 3 aromatic rings. The number of hydrogen-bond acceptors (Lipinski definition) is 4. The lowest BCUT2D eigenvalue weighted by Gasteiger charge is -2.06. The molecule has 6 heteroatoms. The first-order valence-corrected chi connectivity index (χ1v) is 7.81. The van der Waals surface area contributed by atoms with Crippen LogP contribution >= 0.6 is 11.6 Å². The van der Waals surface area contributed by atoms with Gasteiger partial charge in [0.1, 0.15) is 24.2 Å². The van der Waals surface area contributed by atoms with Crippen LogP contribution in [0.25, 0.3) is 0 Å². The molecule has 0 saturated heterocycles. The lowest BCUT2D eigenvalue weighted by Crippen LogP contribution is -2.11. The van der Waals surface area contributed by atoms with E-state index in [0.717, 1.165) is 0 Å². The molecular weight excluding hydrogens is 340 g/mol. The molecular formula is C19H13ClN2O3. The largest absolute Gasteiger partial charge is 0.484 e. The number of amides is 1. The summed E-state index contributed by atoms with van der Waals surface area (Å²) in [6.07, 6.45) is 0. The quantitative estimate of drug-likeness (QED) is 0.726. The first kappa shape index (κ1) is 16.6. The van der Waals surface area contributed by atoms with E-state index in [0.29, 0.717) is 27.8 Å². The van der Waals surface area contributed by atoms with Gasteiger partial charge in [-0.3, -0.25) is 4.79 Å². The van der Waals surface area contributed by atoms with Gasteiger partial charge in [-0.15, -0.1) is 0 Å². The third-order valence-corrected chi connectivity index (χ3v) is 3.71. The van der Waals surface area contributed by atoms with Crippen LogP contribution in [0.4, 0.5) is 5.69 Å². The zero-order valence-electron chi connectivity index (χ0n) is 13.0. The Balaban J connectivity index is 1.65. The number of hydrogen-bond donors (Lipinski definition) is 1. The summed E-state index contributed by atoms with van der Waals surface area (Å²) >= 11 is 6.02. The number of furan rings is 1. The summed E-state index contributed by atoms with van der Waals surface area (Å²) in [5.41, 5.74) is 0.942. The van der Waals surface area contributed by atoms with Crippen molar-refractivity contribution in [3.63, 3.8) is 0 Å². The SMILES string of the molecule is N#Cc1ccccc1OCc1ccc(C(=O)Nc2ccccc2Cl)o1. The van der Waals surface area contributed by atoms with E-state index in [1.807, 2.05) is 0 Å². The molecule has 0 spiro atoms. The standard InChI is InChI=1S/C19H13ClN2O3/c20-15-6-2-3-7-16(15)22-19(23)18-10-9-14(25-18)12-24-17-8-4-1-5-13(17)11-21/h1-10H,12H2,(H,22,23). The van der Waals surface area contributed by atoms with E-state index in [-0.39, 0.29) is 12.4 Å². The molecule has 0 aliphatic rings. The van der Waals surface area contributed by atoms with Gasteiger partial charge in [-0.05, 0) is 36.4 Å². The van der Waals surface area contributed by atoms with E-state index >= 15 is 0 Å². The highest BCUT2D eigenvalue weighted by atomic mass is 35.5. The van der Waals surface area contributed by atoms with E-state index in [1.54, 1.807) is 60.7 Å². The number of benzene rings is 2. The molecule has 1 heterocycles. The fourth-order valence-corrected chi connectivity index (χ4v) is 2.34. The number of halogens is 1. The van der Waals surface area contributed by atoms with Crippen LogP contribution in [0.5, 0.6) is 5.75 Å². The van der Waals surface area contributed by atoms with Gasteiger partial charge < -0.3 is 14.5 Å². The second-order valence-electron chi connectivity index (χ2n) is 5.10. The Morgan fingerprint density at radius 2 is 1.88 bits per heavy atom. The van der Waals surface area contributed by atoms with Crippen LogP contribution in [-0.4, -0.2) is 5.91 Å². The normalized spacial score (nSPS) is 10.1. The molecule has 25 heavy (non-hydrogen) atoms. The van der Waals surface area contributed by atoms with Crippen LogP contribution in [0.1, 0.15) is 21.9 Å². The maximum atomic E-state index is 12.2. The molecule has 0 aliphatic heterocycles. The number of nitrogens with zero attached hydrogens (tertiary/aromatic N) is 1. The van der Waals surface area contributed by atoms with E-state index < -0.39 is 5.91 Å². The summed E-state index contributed by atoms with van der Waals surface area (Å²) in [5.74, 6) is 0.671. The van der Waals surface area contributed by atoms with Crippen LogP contribution < -0.4 is 10.1 Å². The molecule has 3 rings (SSSR count). The van der Waals surface area contributed by atoms with E-state index in [1.165, 1.54) is 0 Å². The van der Waals surface area contributed by atoms with Crippen molar-refractivity contribution in [1.82, 2.24) is 0 Å². The molecule has 0 radical (unpaired) electrons. The topological polar surface area (TPSA) is 75.3 Å². The molecule has 0 aliphatic carbocycles. The van der Waals surface area contributed by atoms with Crippen molar-refractivity contribution in [2.24, 2.45) is 0 Å². The maximum Gasteiger partial charge on any atom is 0.291 e. The number of anilines is 1. The number of nitrogens with one attached hydrogen (secondary N) is 1. The first-order valence-electron chi connectivity index (χ1n) is 7.44. The third-order valence-electron chi connectivity index (χ3n) is 3.38. The van der Waals surface area contributed by atoms with Crippen LogP contribution in [0.15, 0.2) is 65.1 Å². The van der Waals surface area contributed by atoms with Crippen molar-refractivity contribution < 1.29 is 13.9 Å². The van der Waals surface area contributed by atoms with Crippen molar-refractivity contribution in [1.29, 1.82) is 5.26 Å². The van der Waals surface area contributed by atoms with Crippen molar-refractivity contribution in [2.75, 3.05) is 5.32 Å². The molecule has 2 aromatic carbocycles. The molecule has 0 atom stereocenters. The van der Waals surface area contributed by atoms with Crippen molar-refractivity contribution >= 4 is 23.2 Å². The van der Waals surface area contributed by atoms with Gasteiger partial charge in [0.15, 0.2) is 5.76 Å². The Morgan fingerprint density at radius 3 is 2.68 bits per heavy atom. The number of ether oxygens (including phenoxy) is 1. The minimum atomic E-state index is -0.406. The fourth-order valence-electron chi connectivity index (χ4n) is 2.16. The highest BCUT2D eigenvalue weighted by Crippen LogP contribution is 2.22. The van der Waals surface area contributed by atoms with E-state index in [2.05, 4.69) is 11.4 Å². The minimum absolute atomic E-state index is 0.109. The Labute approximate surface area is 149 Å². The number of carbonyl (C=O) groups is 1. The number of nitriles is 1. The molecule has 1 aromatic heterocycles. The first-order chi connectivity index (χ1) is 12.2. The highest BCUT2D eigenvalue weighted by molar-refractivity contribution is 6.33. The molecule has 1 amide bonds. The van der Waals surface area contributed by atoms with Crippen molar-refractivity contribution in [3.8, 4) is 11.8 Å². The minimum Gasteiger partial charge on any atom is -0.484 e.